The van der Waals surface area contributed by atoms with Crippen LogP contribution in [0.5, 0.6) is 0 Å². The normalized spacial score (nSPS) is 13.1. The molecular formula is C12H15N3. The van der Waals surface area contributed by atoms with Crippen LogP contribution >= 0.6 is 0 Å². The molecule has 0 bridgehead atoms. The first-order valence-electron chi connectivity index (χ1n) is 5.19. The van der Waals surface area contributed by atoms with Crippen molar-refractivity contribution in [1.82, 2.24) is 0 Å². The number of benzene rings is 1. The van der Waals surface area contributed by atoms with E-state index in [-0.39, 0.29) is 0 Å². The van der Waals surface area contributed by atoms with Gasteiger partial charge in [0.05, 0.1) is 5.69 Å². The maximum atomic E-state index is 5.52. The van der Waals surface area contributed by atoms with Crippen molar-refractivity contribution in [1.29, 1.82) is 0 Å². The van der Waals surface area contributed by atoms with Crippen molar-refractivity contribution in [3.05, 3.63) is 35.4 Å². The topological polar surface area (TPSA) is 50.4 Å². The highest BCUT2D eigenvalue weighted by atomic mass is 15.3. The minimum absolute atomic E-state index is 0.733. The van der Waals surface area contributed by atoms with Gasteiger partial charge in [-0.25, -0.2) is 0 Å². The first kappa shape index (κ1) is 9.93. The SMILES string of the molecule is NCCCc1cccc2c1C=CC=NN2. The summed E-state index contributed by atoms with van der Waals surface area (Å²) in [6.07, 6.45) is 7.83. The van der Waals surface area contributed by atoms with Gasteiger partial charge in [0.25, 0.3) is 0 Å². The van der Waals surface area contributed by atoms with Gasteiger partial charge in [0.1, 0.15) is 0 Å². The number of nitrogens with two attached hydrogens (primary N) is 1. The molecule has 1 aromatic carbocycles. The Kier molecular flexibility index (Phi) is 3.15. The summed E-state index contributed by atoms with van der Waals surface area (Å²) in [6.45, 7) is 0.733. The van der Waals surface area contributed by atoms with E-state index >= 15 is 0 Å². The smallest absolute Gasteiger partial charge is 0.0636 e. The Morgan fingerprint density at radius 1 is 1.33 bits per heavy atom. The van der Waals surface area contributed by atoms with E-state index in [0.29, 0.717) is 0 Å². The molecule has 0 saturated carbocycles. The zero-order valence-electron chi connectivity index (χ0n) is 8.61. The molecule has 1 aromatic rings. The second kappa shape index (κ2) is 4.75. The minimum atomic E-state index is 0.733. The Bertz CT molecular complexity index is 394. The van der Waals surface area contributed by atoms with Crippen LogP contribution in [0, 0.1) is 0 Å². The zero-order valence-corrected chi connectivity index (χ0v) is 8.61. The largest absolute Gasteiger partial charge is 0.330 e. The molecule has 0 saturated heterocycles. The van der Waals surface area contributed by atoms with Crippen molar-refractivity contribution in [3.8, 4) is 0 Å². The number of anilines is 1. The number of hydrogen-bond donors (Lipinski definition) is 2. The van der Waals surface area contributed by atoms with E-state index in [0.717, 1.165) is 25.1 Å². The number of hydrazone groups is 1. The standard InChI is InChI=1S/C12H15N3/c13-8-2-5-10-4-1-7-12-11(10)6-3-9-14-15-12/h1,3-4,6-7,9,15H,2,5,8,13H2. The minimum Gasteiger partial charge on any atom is -0.330 e. The molecule has 0 aromatic heterocycles. The van der Waals surface area contributed by atoms with Gasteiger partial charge in [0.15, 0.2) is 0 Å². The molecule has 1 heterocycles. The van der Waals surface area contributed by atoms with Crippen LogP contribution in [0.2, 0.25) is 0 Å². The van der Waals surface area contributed by atoms with Crippen LogP contribution in [0.3, 0.4) is 0 Å². The zero-order chi connectivity index (χ0) is 10.5. The number of allylic oxidation sites excluding steroid dienone is 1. The molecule has 0 radical (unpaired) electrons. The van der Waals surface area contributed by atoms with Crippen LogP contribution in [-0.4, -0.2) is 12.8 Å². The lowest BCUT2D eigenvalue weighted by molar-refractivity contribution is 0.831. The summed E-state index contributed by atoms with van der Waals surface area (Å²) in [5, 5.41) is 4.05. The fraction of sp³-hybridized carbons (Fsp3) is 0.250. The van der Waals surface area contributed by atoms with Crippen LogP contribution in [0.25, 0.3) is 6.08 Å². The van der Waals surface area contributed by atoms with Gasteiger partial charge >= 0.3 is 0 Å². The maximum absolute atomic E-state index is 5.52. The Labute approximate surface area is 89.7 Å². The summed E-state index contributed by atoms with van der Waals surface area (Å²) in [5.41, 5.74) is 12.2. The van der Waals surface area contributed by atoms with Gasteiger partial charge in [-0.2, -0.15) is 5.10 Å². The van der Waals surface area contributed by atoms with E-state index in [1.807, 2.05) is 18.2 Å². The van der Waals surface area contributed by atoms with Crippen LogP contribution < -0.4 is 11.2 Å². The summed E-state index contributed by atoms with van der Waals surface area (Å²) in [4.78, 5) is 0. The van der Waals surface area contributed by atoms with E-state index in [4.69, 9.17) is 5.73 Å². The molecule has 0 spiro atoms. The van der Waals surface area contributed by atoms with Gasteiger partial charge < -0.3 is 5.73 Å². The Morgan fingerprint density at radius 2 is 2.27 bits per heavy atom. The number of aryl methyl sites for hydroxylation is 1. The highest BCUT2D eigenvalue weighted by molar-refractivity contribution is 5.84. The predicted octanol–water partition coefficient (Wildman–Crippen LogP) is 2.00. The van der Waals surface area contributed by atoms with E-state index < -0.39 is 0 Å². The lowest BCUT2D eigenvalue weighted by Gasteiger charge is -2.09. The number of hydrogen-bond acceptors (Lipinski definition) is 3. The third-order valence-corrected chi connectivity index (χ3v) is 2.46. The molecule has 1 aliphatic rings. The van der Waals surface area contributed by atoms with Crippen molar-refractivity contribution in [2.45, 2.75) is 12.8 Å². The second-order valence-electron chi connectivity index (χ2n) is 3.52. The number of rotatable bonds is 3. The van der Waals surface area contributed by atoms with Crippen molar-refractivity contribution < 1.29 is 0 Å². The molecule has 1 aliphatic heterocycles. The third kappa shape index (κ3) is 2.25. The summed E-state index contributed by atoms with van der Waals surface area (Å²) in [7, 11) is 0. The Hall–Kier alpha value is -1.61. The van der Waals surface area contributed by atoms with Crippen LogP contribution in [0.15, 0.2) is 29.4 Å². The molecule has 0 atom stereocenters. The van der Waals surface area contributed by atoms with Gasteiger partial charge in [0.2, 0.25) is 0 Å². The molecule has 0 aliphatic carbocycles. The molecule has 3 nitrogen and oxygen atoms in total. The van der Waals surface area contributed by atoms with Gasteiger partial charge in [-0.15, -0.1) is 0 Å². The molecule has 3 N–H and O–H groups in total. The summed E-state index contributed by atoms with van der Waals surface area (Å²) < 4.78 is 0. The van der Waals surface area contributed by atoms with E-state index in [9.17, 15) is 0 Å². The van der Waals surface area contributed by atoms with Crippen molar-refractivity contribution >= 4 is 18.0 Å². The Balaban J connectivity index is 2.32. The molecule has 0 unspecified atom stereocenters. The molecule has 0 amide bonds. The van der Waals surface area contributed by atoms with Gasteiger partial charge in [-0.3, -0.25) is 5.43 Å². The summed E-state index contributed by atoms with van der Waals surface area (Å²) in [5.74, 6) is 0. The van der Waals surface area contributed by atoms with E-state index in [1.165, 1.54) is 11.1 Å². The van der Waals surface area contributed by atoms with E-state index in [2.05, 4.69) is 22.7 Å². The van der Waals surface area contributed by atoms with Crippen molar-refractivity contribution in [3.63, 3.8) is 0 Å². The third-order valence-electron chi connectivity index (χ3n) is 2.46. The van der Waals surface area contributed by atoms with Gasteiger partial charge in [0, 0.05) is 11.8 Å². The Morgan fingerprint density at radius 3 is 3.13 bits per heavy atom. The van der Waals surface area contributed by atoms with E-state index in [1.54, 1.807) is 6.21 Å². The second-order valence-corrected chi connectivity index (χ2v) is 3.52. The molecule has 0 fully saturated rings. The lowest BCUT2D eigenvalue weighted by Crippen LogP contribution is -2.02. The molecular weight excluding hydrogens is 186 g/mol. The average Bonchev–Trinajstić information content (AvgIpc) is 2.51. The van der Waals surface area contributed by atoms with Crippen molar-refractivity contribution in [2.24, 2.45) is 10.8 Å². The highest BCUT2D eigenvalue weighted by Gasteiger charge is 2.05. The van der Waals surface area contributed by atoms with Gasteiger partial charge in [-0.05, 0) is 37.1 Å². The molecule has 78 valence electrons. The maximum Gasteiger partial charge on any atom is 0.0636 e. The molecule has 15 heavy (non-hydrogen) atoms. The van der Waals surface area contributed by atoms with Gasteiger partial charge in [-0.1, -0.05) is 18.2 Å². The predicted molar refractivity (Wildman–Crippen MR) is 65.0 cm³/mol. The number of fused-ring (bicyclic) bond motifs is 1. The monoisotopic (exact) mass is 201 g/mol. The van der Waals surface area contributed by atoms with Crippen molar-refractivity contribution in [2.75, 3.05) is 12.0 Å². The fourth-order valence-electron chi connectivity index (χ4n) is 1.71. The van der Waals surface area contributed by atoms with Crippen LogP contribution in [0.1, 0.15) is 17.5 Å². The first-order valence-corrected chi connectivity index (χ1v) is 5.19. The number of nitrogens with zero attached hydrogens (tertiary/aromatic N) is 1. The highest BCUT2D eigenvalue weighted by Crippen LogP contribution is 2.23. The lowest BCUT2D eigenvalue weighted by atomic mass is 10.0. The van der Waals surface area contributed by atoms with Crippen LogP contribution in [-0.2, 0) is 6.42 Å². The first-order chi connectivity index (χ1) is 7.42. The summed E-state index contributed by atoms with van der Waals surface area (Å²) >= 11 is 0. The quantitative estimate of drug-likeness (QED) is 0.785. The fourth-order valence-corrected chi connectivity index (χ4v) is 1.71. The molecule has 2 rings (SSSR count). The summed E-state index contributed by atoms with van der Waals surface area (Å²) in [6, 6.07) is 6.23. The average molecular weight is 201 g/mol. The number of nitrogens with one attached hydrogen (secondary N) is 1. The van der Waals surface area contributed by atoms with Crippen LogP contribution in [0.4, 0.5) is 5.69 Å². The molecule has 3 heteroatoms.